The lowest BCUT2D eigenvalue weighted by Crippen LogP contribution is -2.13. The predicted molar refractivity (Wildman–Crippen MR) is 87.5 cm³/mol. The molecule has 0 aliphatic heterocycles. The average molecular weight is 288 g/mol. The summed E-state index contributed by atoms with van der Waals surface area (Å²) in [6.45, 7) is 0. The van der Waals surface area contributed by atoms with Crippen molar-refractivity contribution < 1.29 is 9.90 Å². The van der Waals surface area contributed by atoms with Crippen molar-refractivity contribution >= 4 is 16.7 Å². The average Bonchev–Trinajstić information content (AvgIpc) is 2.56. The van der Waals surface area contributed by atoms with Crippen LogP contribution < -0.4 is 0 Å². The lowest BCUT2D eigenvalue weighted by molar-refractivity contribution is 0.0695. The summed E-state index contributed by atoms with van der Waals surface area (Å²) in [6.07, 6.45) is 1.95. The fraction of sp³-hybridized carbons (Fsp3) is 0.150. The van der Waals surface area contributed by atoms with Gasteiger partial charge in [-0.05, 0) is 46.4 Å². The van der Waals surface area contributed by atoms with Crippen LogP contribution in [0.2, 0.25) is 0 Å². The molecule has 1 N–H and O–H groups in total. The van der Waals surface area contributed by atoms with Crippen LogP contribution in [0.1, 0.15) is 39.4 Å². The number of hydrogen-bond acceptors (Lipinski definition) is 1. The second kappa shape index (κ2) is 4.99. The van der Waals surface area contributed by atoms with Crippen molar-refractivity contribution in [2.45, 2.75) is 18.8 Å². The lowest BCUT2D eigenvalue weighted by Gasteiger charge is -2.27. The van der Waals surface area contributed by atoms with Gasteiger partial charge in [0.1, 0.15) is 0 Å². The van der Waals surface area contributed by atoms with E-state index in [0.717, 1.165) is 18.4 Å². The third-order valence-corrected chi connectivity index (χ3v) is 4.67. The Morgan fingerprint density at radius 2 is 1.64 bits per heavy atom. The van der Waals surface area contributed by atoms with E-state index in [1.54, 1.807) is 12.1 Å². The van der Waals surface area contributed by atoms with Crippen LogP contribution in [0.3, 0.4) is 0 Å². The highest BCUT2D eigenvalue weighted by Crippen LogP contribution is 2.41. The zero-order valence-electron chi connectivity index (χ0n) is 12.1. The number of carboxylic acid groups (broad SMARTS) is 1. The van der Waals surface area contributed by atoms with E-state index in [0.29, 0.717) is 5.56 Å². The van der Waals surface area contributed by atoms with Crippen LogP contribution in [0.15, 0.2) is 60.7 Å². The molecule has 0 radical (unpaired) electrons. The van der Waals surface area contributed by atoms with Gasteiger partial charge < -0.3 is 5.11 Å². The molecule has 1 atom stereocenters. The van der Waals surface area contributed by atoms with E-state index in [4.69, 9.17) is 0 Å². The van der Waals surface area contributed by atoms with E-state index in [1.165, 1.54) is 21.9 Å². The third kappa shape index (κ3) is 1.92. The molecule has 22 heavy (non-hydrogen) atoms. The van der Waals surface area contributed by atoms with Crippen molar-refractivity contribution in [3.63, 3.8) is 0 Å². The van der Waals surface area contributed by atoms with Crippen molar-refractivity contribution in [3.8, 4) is 0 Å². The van der Waals surface area contributed by atoms with E-state index in [-0.39, 0.29) is 5.92 Å². The Hall–Kier alpha value is -2.61. The van der Waals surface area contributed by atoms with Gasteiger partial charge in [0.25, 0.3) is 0 Å². The first-order chi connectivity index (χ1) is 10.8. The second-order valence-electron chi connectivity index (χ2n) is 5.85. The molecule has 0 heterocycles. The summed E-state index contributed by atoms with van der Waals surface area (Å²) < 4.78 is 0. The van der Waals surface area contributed by atoms with Crippen molar-refractivity contribution in [1.29, 1.82) is 0 Å². The van der Waals surface area contributed by atoms with Crippen molar-refractivity contribution in [2.24, 2.45) is 0 Å². The van der Waals surface area contributed by atoms with E-state index >= 15 is 0 Å². The Kier molecular flexibility index (Phi) is 2.97. The zero-order valence-corrected chi connectivity index (χ0v) is 12.1. The summed E-state index contributed by atoms with van der Waals surface area (Å²) in [5.74, 6) is -0.687. The van der Waals surface area contributed by atoms with Crippen LogP contribution in [-0.2, 0) is 6.42 Å². The standard InChI is InChI=1S/C20H16O2/c21-20(22)18-9-2-1-8-15(18)16-12-11-14-6-3-5-13-7-4-10-17(16)19(13)14/h1-10,16H,11-12H2,(H,21,22). The number of benzene rings is 3. The summed E-state index contributed by atoms with van der Waals surface area (Å²) in [5, 5.41) is 12.0. The van der Waals surface area contributed by atoms with Crippen molar-refractivity contribution in [1.82, 2.24) is 0 Å². The molecule has 1 aliphatic carbocycles. The number of hydrogen-bond donors (Lipinski definition) is 1. The SMILES string of the molecule is O=C(O)c1ccccc1C1CCc2cccc3cccc1c23. The first-order valence-electron chi connectivity index (χ1n) is 7.58. The van der Waals surface area contributed by atoms with Crippen LogP contribution in [0, 0.1) is 0 Å². The molecular formula is C20H16O2. The quantitative estimate of drug-likeness (QED) is 0.747. The van der Waals surface area contributed by atoms with E-state index < -0.39 is 5.97 Å². The van der Waals surface area contributed by atoms with Gasteiger partial charge in [-0.1, -0.05) is 54.6 Å². The van der Waals surface area contributed by atoms with Gasteiger partial charge in [-0.2, -0.15) is 0 Å². The van der Waals surface area contributed by atoms with Gasteiger partial charge in [0.15, 0.2) is 0 Å². The Morgan fingerprint density at radius 3 is 2.45 bits per heavy atom. The topological polar surface area (TPSA) is 37.3 Å². The van der Waals surface area contributed by atoms with Gasteiger partial charge in [0.2, 0.25) is 0 Å². The van der Waals surface area contributed by atoms with E-state index in [1.807, 2.05) is 12.1 Å². The third-order valence-electron chi connectivity index (χ3n) is 4.67. The maximum Gasteiger partial charge on any atom is 0.335 e. The van der Waals surface area contributed by atoms with Crippen LogP contribution in [-0.4, -0.2) is 11.1 Å². The van der Waals surface area contributed by atoms with E-state index in [9.17, 15) is 9.90 Å². The molecule has 3 aromatic carbocycles. The number of aryl methyl sites for hydroxylation is 1. The smallest absolute Gasteiger partial charge is 0.335 e. The largest absolute Gasteiger partial charge is 0.478 e. The first kappa shape index (κ1) is 13.1. The Balaban J connectivity index is 1.97. The van der Waals surface area contributed by atoms with Gasteiger partial charge in [0.05, 0.1) is 5.56 Å². The van der Waals surface area contributed by atoms with Crippen LogP contribution in [0.4, 0.5) is 0 Å². The predicted octanol–water partition coefficient (Wildman–Crippen LogP) is 4.62. The fourth-order valence-electron chi connectivity index (χ4n) is 3.72. The maximum absolute atomic E-state index is 11.6. The minimum Gasteiger partial charge on any atom is -0.478 e. The second-order valence-corrected chi connectivity index (χ2v) is 5.85. The van der Waals surface area contributed by atoms with Crippen molar-refractivity contribution in [3.05, 3.63) is 82.9 Å². The molecule has 1 aliphatic rings. The number of carbonyl (C=O) groups is 1. The summed E-state index contributed by atoms with van der Waals surface area (Å²) in [5.41, 5.74) is 3.98. The Morgan fingerprint density at radius 1 is 0.909 bits per heavy atom. The molecule has 0 bridgehead atoms. The number of carboxylic acids is 1. The van der Waals surface area contributed by atoms with Gasteiger partial charge in [-0.15, -0.1) is 0 Å². The molecule has 2 nitrogen and oxygen atoms in total. The summed E-state index contributed by atoms with van der Waals surface area (Å²) in [6, 6.07) is 20.2. The van der Waals surface area contributed by atoms with Crippen molar-refractivity contribution in [2.75, 3.05) is 0 Å². The number of rotatable bonds is 2. The zero-order chi connectivity index (χ0) is 15.1. The maximum atomic E-state index is 11.6. The highest BCUT2D eigenvalue weighted by atomic mass is 16.4. The molecule has 3 aromatic rings. The first-order valence-corrected chi connectivity index (χ1v) is 7.58. The minimum atomic E-state index is -0.846. The molecule has 1 unspecified atom stereocenters. The Labute approximate surface area is 129 Å². The molecule has 0 saturated carbocycles. The monoisotopic (exact) mass is 288 g/mol. The van der Waals surface area contributed by atoms with Crippen LogP contribution in [0.5, 0.6) is 0 Å². The lowest BCUT2D eigenvalue weighted by atomic mass is 9.77. The van der Waals surface area contributed by atoms with Crippen LogP contribution in [0.25, 0.3) is 10.8 Å². The van der Waals surface area contributed by atoms with Gasteiger partial charge in [-0.3, -0.25) is 0 Å². The summed E-state index contributed by atoms with van der Waals surface area (Å²) in [7, 11) is 0. The summed E-state index contributed by atoms with van der Waals surface area (Å²) >= 11 is 0. The van der Waals surface area contributed by atoms with E-state index in [2.05, 4.69) is 36.4 Å². The Bertz CT molecular complexity index is 875. The molecule has 0 fully saturated rings. The molecule has 0 aromatic heterocycles. The molecular weight excluding hydrogens is 272 g/mol. The normalized spacial score (nSPS) is 16.6. The number of aromatic carboxylic acids is 1. The van der Waals surface area contributed by atoms with Crippen LogP contribution >= 0.6 is 0 Å². The molecule has 4 rings (SSSR count). The van der Waals surface area contributed by atoms with Gasteiger partial charge in [-0.25, -0.2) is 4.79 Å². The molecule has 0 saturated heterocycles. The molecule has 0 amide bonds. The highest BCUT2D eigenvalue weighted by Gasteiger charge is 2.25. The summed E-state index contributed by atoms with van der Waals surface area (Å²) in [4.78, 5) is 11.6. The fourth-order valence-corrected chi connectivity index (χ4v) is 3.72. The molecule has 108 valence electrons. The minimum absolute atomic E-state index is 0.158. The molecule has 0 spiro atoms. The van der Waals surface area contributed by atoms with Gasteiger partial charge in [0, 0.05) is 5.92 Å². The highest BCUT2D eigenvalue weighted by molar-refractivity contribution is 5.93. The van der Waals surface area contributed by atoms with Gasteiger partial charge >= 0.3 is 5.97 Å². The molecule has 2 heteroatoms.